The molecule has 0 saturated carbocycles. The summed E-state index contributed by atoms with van der Waals surface area (Å²) in [7, 11) is 0. The largest absolute Gasteiger partial charge is 0.314 e. The number of rotatable bonds is 8. The van der Waals surface area contributed by atoms with Gasteiger partial charge in [-0.1, -0.05) is 110 Å². The first-order valence-electron chi connectivity index (χ1n) is 18.7. The summed E-state index contributed by atoms with van der Waals surface area (Å²) in [6.45, 7) is 4.94. The molecule has 9 rings (SSSR count). The number of benzene rings is 4. The van der Waals surface area contributed by atoms with E-state index in [4.69, 9.17) is 11.6 Å². The molecule has 0 radical (unpaired) electrons. The van der Waals surface area contributed by atoms with Crippen molar-refractivity contribution in [3.63, 3.8) is 0 Å². The maximum absolute atomic E-state index is 5.14. The van der Waals surface area contributed by atoms with Gasteiger partial charge in [0.25, 0.3) is 0 Å². The smallest absolute Gasteiger partial charge is 0.162 e. The minimum Gasteiger partial charge on any atom is -0.314 e. The van der Waals surface area contributed by atoms with E-state index in [0.29, 0.717) is 5.82 Å². The van der Waals surface area contributed by atoms with Gasteiger partial charge in [-0.3, -0.25) is 0 Å². The third-order valence-electron chi connectivity index (χ3n) is 10.4. The molecule has 260 valence electrons. The van der Waals surface area contributed by atoms with Crippen molar-refractivity contribution in [2.45, 2.75) is 32.1 Å². The van der Waals surface area contributed by atoms with Crippen LogP contribution in [0.1, 0.15) is 54.4 Å². The Morgan fingerprint density at radius 1 is 0.667 bits per heavy atom. The van der Waals surface area contributed by atoms with Crippen molar-refractivity contribution in [3.8, 4) is 11.4 Å². The number of aromatic nitrogens is 4. The van der Waals surface area contributed by atoms with Gasteiger partial charge in [0.2, 0.25) is 0 Å². The van der Waals surface area contributed by atoms with Crippen LogP contribution in [0.3, 0.4) is 0 Å². The van der Waals surface area contributed by atoms with Crippen molar-refractivity contribution in [1.82, 2.24) is 19.9 Å². The highest BCUT2D eigenvalue weighted by atomic mass is 15.2. The number of fused-ring (bicyclic) bond motifs is 2. The van der Waals surface area contributed by atoms with Crippen LogP contribution < -0.4 is 4.90 Å². The van der Waals surface area contributed by atoms with Crippen LogP contribution in [0.2, 0.25) is 0 Å². The summed E-state index contributed by atoms with van der Waals surface area (Å²) in [5.74, 6) is 0.647. The zero-order chi connectivity index (χ0) is 36.3. The van der Waals surface area contributed by atoms with E-state index in [1.54, 1.807) is 0 Å². The summed E-state index contributed by atoms with van der Waals surface area (Å²) < 4.78 is 0. The molecule has 5 nitrogen and oxygen atoms in total. The summed E-state index contributed by atoms with van der Waals surface area (Å²) in [6, 6.07) is 32.5. The minimum atomic E-state index is 0.647. The third-order valence-corrected chi connectivity index (χ3v) is 10.4. The molecule has 0 unspecified atom stereocenters. The van der Waals surface area contributed by atoms with Crippen molar-refractivity contribution in [1.29, 1.82) is 0 Å². The quantitative estimate of drug-likeness (QED) is 0.148. The standard InChI is InChI=1S/C49H39N5/c1-34(54(39-19-9-4-10-20-39)40-28-25-37(26-29-40)49-51-32-50-33-52-49)41-30-27-38(35-15-5-2-6-16-35)31-44(41)47(36-17-7-3-8-18-36)48-42-21-11-13-23-45(42)53-46-24-14-12-22-43(46)48/h3-5,7-9,11-17,19,21-33H,1-2,6,10,18,20H2/b47-36+. The van der Waals surface area contributed by atoms with Gasteiger partial charge in [-0.2, -0.15) is 0 Å². The molecule has 3 aliphatic carbocycles. The molecule has 0 aliphatic heterocycles. The van der Waals surface area contributed by atoms with E-state index in [9.17, 15) is 0 Å². The van der Waals surface area contributed by atoms with Gasteiger partial charge in [0.15, 0.2) is 5.82 Å². The Kier molecular flexibility index (Phi) is 9.03. The van der Waals surface area contributed by atoms with Crippen molar-refractivity contribution >= 4 is 44.3 Å². The van der Waals surface area contributed by atoms with E-state index in [1.807, 2.05) is 0 Å². The van der Waals surface area contributed by atoms with Gasteiger partial charge in [0, 0.05) is 44.5 Å². The Balaban J connectivity index is 1.30. The fraction of sp³-hybridized carbons (Fsp3) is 0.102. The molecular weight excluding hydrogens is 659 g/mol. The Morgan fingerprint density at radius 2 is 1.43 bits per heavy atom. The molecule has 6 aromatic rings. The van der Waals surface area contributed by atoms with Gasteiger partial charge in [-0.25, -0.2) is 19.9 Å². The molecule has 2 aromatic heterocycles. The van der Waals surface area contributed by atoms with E-state index in [0.717, 1.165) is 82.0 Å². The lowest BCUT2D eigenvalue weighted by molar-refractivity contribution is 0.920. The van der Waals surface area contributed by atoms with Gasteiger partial charge in [0.05, 0.1) is 11.0 Å². The molecule has 0 fully saturated rings. The van der Waals surface area contributed by atoms with Crippen LogP contribution in [0.5, 0.6) is 0 Å². The van der Waals surface area contributed by atoms with E-state index in [1.165, 1.54) is 46.2 Å². The molecule has 5 heteroatoms. The van der Waals surface area contributed by atoms with Crippen molar-refractivity contribution < 1.29 is 0 Å². The Hall–Kier alpha value is -6.72. The van der Waals surface area contributed by atoms with Crippen molar-refractivity contribution in [2.24, 2.45) is 0 Å². The monoisotopic (exact) mass is 697 g/mol. The molecule has 4 aromatic carbocycles. The van der Waals surface area contributed by atoms with Crippen LogP contribution in [0, 0.1) is 0 Å². The summed E-state index contributed by atoms with van der Waals surface area (Å²) in [5, 5.41) is 2.26. The first-order chi connectivity index (χ1) is 26.7. The first kappa shape index (κ1) is 33.1. The number of para-hydroxylation sites is 2. The minimum absolute atomic E-state index is 0.647. The van der Waals surface area contributed by atoms with Gasteiger partial charge >= 0.3 is 0 Å². The molecule has 0 spiro atoms. The number of hydrogen-bond donors (Lipinski definition) is 0. The number of allylic oxidation sites excluding steroid dienone is 13. The van der Waals surface area contributed by atoms with E-state index >= 15 is 0 Å². The van der Waals surface area contributed by atoms with Crippen LogP contribution in [-0.2, 0) is 0 Å². The zero-order valence-electron chi connectivity index (χ0n) is 30.1. The van der Waals surface area contributed by atoms with Crippen LogP contribution in [-0.4, -0.2) is 19.9 Å². The maximum Gasteiger partial charge on any atom is 0.162 e. The van der Waals surface area contributed by atoms with Crippen LogP contribution in [0.15, 0.2) is 182 Å². The number of anilines is 1. The highest BCUT2D eigenvalue weighted by Gasteiger charge is 2.26. The first-order valence-corrected chi connectivity index (χ1v) is 18.7. The molecule has 3 aliphatic rings. The molecule has 54 heavy (non-hydrogen) atoms. The molecule has 0 amide bonds. The molecule has 2 heterocycles. The lowest BCUT2D eigenvalue weighted by Gasteiger charge is -2.32. The fourth-order valence-corrected chi connectivity index (χ4v) is 7.83. The summed E-state index contributed by atoms with van der Waals surface area (Å²) >= 11 is 0. The summed E-state index contributed by atoms with van der Waals surface area (Å²) in [4.78, 5) is 20.3. The van der Waals surface area contributed by atoms with E-state index in [-0.39, 0.29) is 0 Å². The molecule has 0 atom stereocenters. The Labute approximate surface area is 316 Å². The van der Waals surface area contributed by atoms with E-state index < -0.39 is 0 Å². The third kappa shape index (κ3) is 6.35. The normalized spacial score (nSPS) is 16.0. The summed E-state index contributed by atoms with van der Waals surface area (Å²) in [6.07, 6.45) is 30.2. The SMILES string of the molecule is C=C(c1ccc(C2=CCCC=C2)cc1/C(=C1/C=CC=CC1)c1c2ccccc2nc2ccccc12)N(C1=CC=CCC1)c1ccc(-c2ncncn2)cc1. The number of hydrogen-bond acceptors (Lipinski definition) is 5. The van der Waals surface area contributed by atoms with E-state index in [2.05, 4.69) is 172 Å². The molecule has 0 bridgehead atoms. The van der Waals surface area contributed by atoms with Crippen LogP contribution in [0.25, 0.3) is 50.0 Å². The van der Waals surface area contributed by atoms with Crippen LogP contribution in [0.4, 0.5) is 5.69 Å². The fourth-order valence-electron chi connectivity index (χ4n) is 7.83. The van der Waals surface area contributed by atoms with Crippen molar-refractivity contribution in [2.75, 3.05) is 4.90 Å². The average Bonchev–Trinajstić information content (AvgIpc) is 3.25. The topological polar surface area (TPSA) is 54.8 Å². The highest BCUT2D eigenvalue weighted by molar-refractivity contribution is 6.11. The molecule has 0 N–H and O–H groups in total. The summed E-state index contributed by atoms with van der Waals surface area (Å²) in [5.41, 5.74) is 14.3. The predicted molar refractivity (Wildman–Crippen MR) is 224 cm³/mol. The zero-order valence-corrected chi connectivity index (χ0v) is 30.1. The number of pyridine rings is 1. The second-order valence-corrected chi connectivity index (χ2v) is 13.7. The Bertz CT molecular complexity index is 2580. The van der Waals surface area contributed by atoms with Gasteiger partial charge in [-0.05, 0) is 108 Å². The highest BCUT2D eigenvalue weighted by Crippen LogP contribution is 2.44. The average molecular weight is 698 g/mol. The van der Waals surface area contributed by atoms with Crippen molar-refractivity contribution in [3.05, 3.63) is 205 Å². The van der Waals surface area contributed by atoms with Gasteiger partial charge < -0.3 is 4.90 Å². The predicted octanol–water partition coefficient (Wildman–Crippen LogP) is 12.0. The van der Waals surface area contributed by atoms with Gasteiger partial charge in [-0.15, -0.1) is 0 Å². The molecule has 0 saturated heterocycles. The Morgan fingerprint density at radius 3 is 2.11 bits per heavy atom. The maximum atomic E-state index is 5.14. The lowest BCUT2D eigenvalue weighted by atomic mass is 9.82. The van der Waals surface area contributed by atoms with Crippen LogP contribution >= 0.6 is 0 Å². The number of nitrogens with zero attached hydrogens (tertiary/aromatic N) is 5. The lowest BCUT2D eigenvalue weighted by Crippen LogP contribution is -2.22. The second kappa shape index (κ2) is 14.7. The van der Waals surface area contributed by atoms with Gasteiger partial charge in [0.1, 0.15) is 12.7 Å². The molecular formula is C49H39N5. The second-order valence-electron chi connectivity index (χ2n) is 13.7.